The number of nitrogens with one attached hydrogen (secondary N) is 2. The minimum Gasteiger partial charge on any atom is -0.373 e. The van der Waals surface area contributed by atoms with Gasteiger partial charge in [0, 0.05) is 38.6 Å². The molecule has 0 aromatic carbocycles. The van der Waals surface area contributed by atoms with Gasteiger partial charge in [-0.05, 0) is 32.0 Å². The maximum absolute atomic E-state index is 12.0. The molecule has 1 saturated heterocycles. The van der Waals surface area contributed by atoms with Crippen molar-refractivity contribution < 1.29 is 9.53 Å². The predicted octanol–water partition coefficient (Wildman–Crippen LogP) is 1.50. The number of urea groups is 1. The van der Waals surface area contributed by atoms with Crippen LogP contribution in [0.3, 0.4) is 0 Å². The van der Waals surface area contributed by atoms with Crippen LogP contribution >= 0.6 is 0 Å². The number of morpholine rings is 1. The molecule has 0 saturated carbocycles. The molecule has 0 spiro atoms. The second-order valence-electron chi connectivity index (χ2n) is 6.25. The van der Waals surface area contributed by atoms with Crippen LogP contribution in [0.1, 0.15) is 13.8 Å². The van der Waals surface area contributed by atoms with Crippen LogP contribution in [0.5, 0.6) is 0 Å². The Morgan fingerprint density at radius 1 is 1.32 bits per heavy atom. The highest BCUT2D eigenvalue weighted by molar-refractivity contribution is 5.89. The van der Waals surface area contributed by atoms with Crippen molar-refractivity contribution in [3.05, 3.63) is 36.8 Å². The third-order valence-electron chi connectivity index (χ3n) is 3.95. The number of rotatable bonds is 5. The van der Waals surface area contributed by atoms with Crippen molar-refractivity contribution in [1.82, 2.24) is 25.0 Å². The molecule has 2 atom stereocenters. The van der Waals surface area contributed by atoms with Gasteiger partial charge in [0.1, 0.15) is 0 Å². The second-order valence-corrected chi connectivity index (χ2v) is 6.25. The molecule has 3 heterocycles. The summed E-state index contributed by atoms with van der Waals surface area (Å²) in [7, 11) is 0. The van der Waals surface area contributed by atoms with Gasteiger partial charge in [-0.1, -0.05) is 0 Å². The van der Waals surface area contributed by atoms with Crippen LogP contribution in [0.4, 0.5) is 10.5 Å². The Morgan fingerprint density at radius 2 is 2.12 bits per heavy atom. The number of anilines is 1. The molecule has 0 radical (unpaired) electrons. The van der Waals surface area contributed by atoms with Gasteiger partial charge < -0.3 is 15.4 Å². The minimum atomic E-state index is -0.233. The first-order chi connectivity index (χ1) is 12.1. The van der Waals surface area contributed by atoms with Gasteiger partial charge in [-0.2, -0.15) is 5.10 Å². The summed E-state index contributed by atoms with van der Waals surface area (Å²) in [6.45, 7) is 7.33. The van der Waals surface area contributed by atoms with Crippen LogP contribution in [0.25, 0.3) is 5.82 Å². The van der Waals surface area contributed by atoms with E-state index in [0.29, 0.717) is 18.1 Å². The summed E-state index contributed by atoms with van der Waals surface area (Å²) < 4.78 is 7.37. The molecule has 25 heavy (non-hydrogen) atoms. The van der Waals surface area contributed by atoms with Crippen molar-refractivity contribution in [2.24, 2.45) is 0 Å². The summed E-state index contributed by atoms with van der Waals surface area (Å²) >= 11 is 0. The molecule has 2 amide bonds. The van der Waals surface area contributed by atoms with Crippen LogP contribution in [-0.2, 0) is 4.74 Å². The van der Waals surface area contributed by atoms with E-state index in [2.05, 4.69) is 39.5 Å². The molecule has 0 aliphatic carbocycles. The lowest BCUT2D eigenvalue weighted by Gasteiger charge is -2.35. The fourth-order valence-electron chi connectivity index (χ4n) is 2.97. The average molecular weight is 344 g/mol. The van der Waals surface area contributed by atoms with Crippen LogP contribution in [-0.4, -0.2) is 64.1 Å². The molecule has 0 unspecified atom stereocenters. The molecule has 2 aromatic rings. The van der Waals surface area contributed by atoms with E-state index in [1.165, 1.54) is 0 Å². The van der Waals surface area contributed by atoms with E-state index in [1.54, 1.807) is 29.2 Å². The fraction of sp³-hybridized carbons (Fsp3) is 0.471. The van der Waals surface area contributed by atoms with E-state index < -0.39 is 0 Å². The zero-order valence-electron chi connectivity index (χ0n) is 14.6. The summed E-state index contributed by atoms with van der Waals surface area (Å²) in [5.74, 6) is 0.700. The number of pyridine rings is 1. The topological polar surface area (TPSA) is 84.3 Å². The molecular formula is C17H24N6O2. The summed E-state index contributed by atoms with van der Waals surface area (Å²) in [4.78, 5) is 18.6. The average Bonchev–Trinajstić information content (AvgIpc) is 3.09. The molecule has 1 fully saturated rings. The molecular weight excluding hydrogens is 320 g/mol. The summed E-state index contributed by atoms with van der Waals surface area (Å²) in [6, 6.07) is 5.20. The summed E-state index contributed by atoms with van der Waals surface area (Å²) in [6.07, 6.45) is 5.59. The third kappa shape index (κ3) is 5.01. The van der Waals surface area contributed by atoms with Gasteiger partial charge in [0.25, 0.3) is 0 Å². The fourth-order valence-corrected chi connectivity index (χ4v) is 2.97. The molecule has 8 heteroatoms. The maximum Gasteiger partial charge on any atom is 0.319 e. The quantitative estimate of drug-likeness (QED) is 0.859. The molecule has 8 nitrogen and oxygen atoms in total. The normalized spacial score (nSPS) is 21.0. The van der Waals surface area contributed by atoms with Crippen molar-refractivity contribution in [2.45, 2.75) is 26.1 Å². The lowest BCUT2D eigenvalue weighted by atomic mass is 10.2. The van der Waals surface area contributed by atoms with Crippen LogP contribution < -0.4 is 10.6 Å². The number of amides is 2. The molecule has 134 valence electrons. The lowest BCUT2D eigenvalue weighted by molar-refractivity contribution is -0.0672. The Morgan fingerprint density at radius 3 is 2.76 bits per heavy atom. The van der Waals surface area contributed by atoms with Crippen LogP contribution in [0.2, 0.25) is 0 Å². The highest BCUT2D eigenvalue weighted by Crippen LogP contribution is 2.10. The van der Waals surface area contributed by atoms with Gasteiger partial charge >= 0.3 is 6.03 Å². The van der Waals surface area contributed by atoms with E-state index in [1.807, 2.05) is 12.3 Å². The second kappa shape index (κ2) is 8.09. The first-order valence-corrected chi connectivity index (χ1v) is 8.49. The largest absolute Gasteiger partial charge is 0.373 e. The Kier molecular flexibility index (Phi) is 5.62. The Hall–Kier alpha value is -2.45. The number of carbonyl (C=O) groups excluding carboxylic acids is 1. The van der Waals surface area contributed by atoms with Crippen molar-refractivity contribution in [2.75, 3.05) is 31.5 Å². The molecule has 2 N–H and O–H groups in total. The molecule has 1 aliphatic heterocycles. The molecule has 1 aliphatic rings. The third-order valence-corrected chi connectivity index (χ3v) is 3.95. The maximum atomic E-state index is 12.0. The molecule has 0 bridgehead atoms. The highest BCUT2D eigenvalue weighted by Gasteiger charge is 2.21. The number of nitrogens with zero attached hydrogens (tertiary/aromatic N) is 4. The number of hydrogen-bond acceptors (Lipinski definition) is 5. The first-order valence-electron chi connectivity index (χ1n) is 8.49. The zero-order valence-corrected chi connectivity index (χ0v) is 14.6. The SMILES string of the molecule is C[C@@H]1CN(CCNC(=O)Nc2ccc(-n3cccn3)nc2)C[C@@H](C)O1. The van der Waals surface area contributed by atoms with E-state index in [-0.39, 0.29) is 18.2 Å². The van der Waals surface area contributed by atoms with Gasteiger partial charge in [-0.15, -0.1) is 0 Å². The smallest absolute Gasteiger partial charge is 0.319 e. The van der Waals surface area contributed by atoms with Gasteiger partial charge in [0.15, 0.2) is 5.82 Å². The molecule has 3 rings (SSSR count). The number of ether oxygens (including phenoxy) is 1. The number of carbonyl (C=O) groups is 1. The summed E-state index contributed by atoms with van der Waals surface area (Å²) in [5, 5.41) is 9.77. The zero-order chi connectivity index (χ0) is 17.6. The summed E-state index contributed by atoms with van der Waals surface area (Å²) in [5.41, 5.74) is 0.641. The van der Waals surface area contributed by atoms with E-state index in [9.17, 15) is 4.79 Å². The van der Waals surface area contributed by atoms with Gasteiger partial charge in [-0.3, -0.25) is 4.90 Å². The monoisotopic (exact) mass is 344 g/mol. The predicted molar refractivity (Wildman–Crippen MR) is 94.8 cm³/mol. The standard InChI is InChI=1S/C17H24N6O2/c1-13-11-22(12-14(2)25-13)9-7-18-17(24)21-15-4-5-16(19-10-15)23-8-3-6-20-23/h3-6,8,10,13-14H,7,9,11-12H2,1-2H3,(H2,18,21,24)/t13-,14-/m1/s1. The van der Waals surface area contributed by atoms with E-state index in [4.69, 9.17) is 4.74 Å². The van der Waals surface area contributed by atoms with Gasteiger partial charge in [0.05, 0.1) is 24.1 Å². The Labute approximate surface area is 147 Å². The Balaban J connectivity index is 1.42. The number of hydrogen-bond donors (Lipinski definition) is 2. The van der Waals surface area contributed by atoms with Gasteiger partial charge in [-0.25, -0.2) is 14.5 Å². The van der Waals surface area contributed by atoms with E-state index >= 15 is 0 Å². The van der Waals surface area contributed by atoms with Crippen molar-refractivity contribution in [3.63, 3.8) is 0 Å². The minimum absolute atomic E-state index is 0.233. The van der Waals surface area contributed by atoms with Crippen LogP contribution in [0, 0.1) is 0 Å². The molecule has 2 aromatic heterocycles. The van der Waals surface area contributed by atoms with E-state index in [0.717, 1.165) is 19.6 Å². The van der Waals surface area contributed by atoms with Crippen molar-refractivity contribution >= 4 is 11.7 Å². The highest BCUT2D eigenvalue weighted by atomic mass is 16.5. The van der Waals surface area contributed by atoms with Gasteiger partial charge in [0.2, 0.25) is 0 Å². The number of aromatic nitrogens is 3. The van der Waals surface area contributed by atoms with Crippen LogP contribution in [0.15, 0.2) is 36.8 Å². The van der Waals surface area contributed by atoms with Crippen molar-refractivity contribution in [1.29, 1.82) is 0 Å². The first kappa shape index (κ1) is 17.4. The van der Waals surface area contributed by atoms with Crippen molar-refractivity contribution in [3.8, 4) is 5.82 Å². The Bertz CT molecular complexity index is 663. The lowest BCUT2D eigenvalue weighted by Crippen LogP contribution is -2.48.